The number of carbonyl (C=O) groups excluding carboxylic acids is 1. The molecule has 1 aromatic carbocycles. The molecule has 0 radical (unpaired) electrons. The molecule has 1 unspecified atom stereocenters. The van der Waals surface area contributed by atoms with Gasteiger partial charge in [-0.15, -0.1) is 0 Å². The standard InChI is InChI=1S/C13H18N2O5/c1-4-19-13(16)9(2)20-12-6-5-10(8-14-3)7-11(12)15(17)18/h5-7,9,14H,4,8H2,1-3H3. The van der Waals surface area contributed by atoms with Crippen LogP contribution in [0.5, 0.6) is 5.75 Å². The summed E-state index contributed by atoms with van der Waals surface area (Å²) in [5.74, 6) is -0.503. The number of nitro groups is 1. The predicted octanol–water partition coefficient (Wildman–Crippen LogP) is 1.64. The van der Waals surface area contributed by atoms with E-state index in [1.165, 1.54) is 19.1 Å². The van der Waals surface area contributed by atoms with E-state index < -0.39 is 17.0 Å². The molecule has 0 aliphatic carbocycles. The van der Waals surface area contributed by atoms with E-state index in [-0.39, 0.29) is 18.0 Å². The lowest BCUT2D eigenvalue weighted by molar-refractivity contribution is -0.386. The van der Waals surface area contributed by atoms with Crippen molar-refractivity contribution in [1.82, 2.24) is 5.32 Å². The maximum atomic E-state index is 11.5. The number of esters is 1. The summed E-state index contributed by atoms with van der Waals surface area (Å²) < 4.78 is 10.1. The van der Waals surface area contributed by atoms with Gasteiger partial charge in [0, 0.05) is 12.6 Å². The van der Waals surface area contributed by atoms with Crippen molar-refractivity contribution < 1.29 is 19.2 Å². The second-order valence-electron chi connectivity index (χ2n) is 4.10. The number of hydrogen-bond donors (Lipinski definition) is 1. The third-order valence-corrected chi connectivity index (χ3v) is 2.52. The number of nitro benzene ring substituents is 1. The molecule has 0 saturated carbocycles. The smallest absolute Gasteiger partial charge is 0.347 e. The minimum Gasteiger partial charge on any atom is -0.472 e. The van der Waals surface area contributed by atoms with Crippen molar-refractivity contribution in [3.63, 3.8) is 0 Å². The highest BCUT2D eigenvalue weighted by Gasteiger charge is 2.22. The van der Waals surface area contributed by atoms with E-state index >= 15 is 0 Å². The first-order valence-corrected chi connectivity index (χ1v) is 6.24. The van der Waals surface area contributed by atoms with E-state index in [4.69, 9.17) is 9.47 Å². The second-order valence-corrected chi connectivity index (χ2v) is 4.10. The van der Waals surface area contributed by atoms with Crippen LogP contribution in [0.25, 0.3) is 0 Å². The molecule has 0 aliphatic rings. The molecule has 7 nitrogen and oxygen atoms in total. The maximum absolute atomic E-state index is 11.5. The molecular formula is C13H18N2O5. The van der Waals surface area contributed by atoms with Crippen LogP contribution in [0, 0.1) is 10.1 Å². The number of rotatable bonds is 7. The zero-order valence-corrected chi connectivity index (χ0v) is 11.7. The molecule has 110 valence electrons. The van der Waals surface area contributed by atoms with Crippen LogP contribution >= 0.6 is 0 Å². The lowest BCUT2D eigenvalue weighted by atomic mass is 10.2. The Morgan fingerprint density at radius 3 is 2.75 bits per heavy atom. The molecule has 1 N–H and O–H groups in total. The summed E-state index contributed by atoms with van der Waals surface area (Å²) in [6.45, 7) is 3.91. The molecule has 1 aromatic rings. The van der Waals surface area contributed by atoms with Crippen LogP contribution in [0.15, 0.2) is 18.2 Å². The van der Waals surface area contributed by atoms with Gasteiger partial charge in [0.2, 0.25) is 0 Å². The van der Waals surface area contributed by atoms with Crippen LogP contribution in [0.2, 0.25) is 0 Å². The van der Waals surface area contributed by atoms with Gasteiger partial charge in [0.1, 0.15) is 0 Å². The summed E-state index contributed by atoms with van der Waals surface area (Å²) in [7, 11) is 1.75. The molecule has 0 bridgehead atoms. The quantitative estimate of drug-likeness (QED) is 0.464. The first-order valence-electron chi connectivity index (χ1n) is 6.24. The van der Waals surface area contributed by atoms with Crippen molar-refractivity contribution in [2.75, 3.05) is 13.7 Å². The van der Waals surface area contributed by atoms with E-state index in [0.717, 1.165) is 5.56 Å². The molecule has 0 saturated heterocycles. The number of benzene rings is 1. The van der Waals surface area contributed by atoms with Crippen LogP contribution in [-0.4, -0.2) is 30.7 Å². The largest absolute Gasteiger partial charge is 0.472 e. The Labute approximate surface area is 117 Å². The molecule has 0 spiro atoms. The van der Waals surface area contributed by atoms with Crippen molar-refractivity contribution in [1.29, 1.82) is 0 Å². The van der Waals surface area contributed by atoms with Crippen LogP contribution < -0.4 is 10.1 Å². The van der Waals surface area contributed by atoms with Crippen molar-refractivity contribution in [2.24, 2.45) is 0 Å². The fourth-order valence-corrected chi connectivity index (χ4v) is 1.62. The van der Waals surface area contributed by atoms with Crippen molar-refractivity contribution in [3.05, 3.63) is 33.9 Å². The van der Waals surface area contributed by atoms with Gasteiger partial charge in [-0.05, 0) is 32.5 Å². The van der Waals surface area contributed by atoms with Crippen molar-refractivity contribution in [3.8, 4) is 5.75 Å². The number of nitrogens with one attached hydrogen (secondary N) is 1. The highest BCUT2D eigenvalue weighted by Crippen LogP contribution is 2.29. The van der Waals surface area contributed by atoms with E-state index in [0.29, 0.717) is 6.54 Å². The molecule has 0 aliphatic heterocycles. The minimum absolute atomic E-state index is 0.0513. The molecule has 0 amide bonds. The third kappa shape index (κ3) is 4.20. The molecule has 0 fully saturated rings. The third-order valence-electron chi connectivity index (χ3n) is 2.52. The zero-order chi connectivity index (χ0) is 15.1. The Kier molecular flexibility index (Phi) is 5.92. The van der Waals surface area contributed by atoms with E-state index in [9.17, 15) is 14.9 Å². The van der Waals surface area contributed by atoms with Gasteiger partial charge in [-0.3, -0.25) is 10.1 Å². The molecule has 0 aromatic heterocycles. The summed E-state index contributed by atoms with van der Waals surface area (Å²) in [5.41, 5.74) is 0.587. The van der Waals surface area contributed by atoms with Gasteiger partial charge in [0.15, 0.2) is 11.9 Å². The highest BCUT2D eigenvalue weighted by atomic mass is 16.6. The van der Waals surface area contributed by atoms with Crippen LogP contribution in [0.3, 0.4) is 0 Å². The van der Waals surface area contributed by atoms with Gasteiger partial charge >= 0.3 is 11.7 Å². The molecule has 20 heavy (non-hydrogen) atoms. The molecule has 7 heteroatoms. The Morgan fingerprint density at radius 1 is 1.50 bits per heavy atom. The average molecular weight is 282 g/mol. The van der Waals surface area contributed by atoms with Gasteiger partial charge in [0.25, 0.3) is 0 Å². The van der Waals surface area contributed by atoms with Gasteiger partial charge in [-0.25, -0.2) is 4.79 Å². The van der Waals surface area contributed by atoms with Gasteiger partial charge in [-0.2, -0.15) is 0 Å². The summed E-state index contributed by atoms with van der Waals surface area (Å²) in [5, 5.41) is 14.0. The predicted molar refractivity (Wildman–Crippen MR) is 72.6 cm³/mol. The Morgan fingerprint density at radius 2 is 2.20 bits per heavy atom. The van der Waals surface area contributed by atoms with Crippen molar-refractivity contribution in [2.45, 2.75) is 26.5 Å². The molecule has 1 atom stereocenters. The Hall–Kier alpha value is -2.15. The fraction of sp³-hybridized carbons (Fsp3) is 0.462. The number of carbonyl (C=O) groups is 1. The second kappa shape index (κ2) is 7.44. The Bertz CT molecular complexity index is 490. The van der Waals surface area contributed by atoms with E-state index in [1.807, 2.05) is 0 Å². The molecular weight excluding hydrogens is 264 g/mol. The summed E-state index contributed by atoms with van der Waals surface area (Å²) in [6.07, 6.45) is -0.899. The summed E-state index contributed by atoms with van der Waals surface area (Å²) >= 11 is 0. The number of hydrogen-bond acceptors (Lipinski definition) is 6. The monoisotopic (exact) mass is 282 g/mol. The summed E-state index contributed by atoms with van der Waals surface area (Å²) in [4.78, 5) is 22.0. The maximum Gasteiger partial charge on any atom is 0.347 e. The average Bonchev–Trinajstić information content (AvgIpc) is 2.40. The first-order chi connectivity index (χ1) is 9.49. The summed E-state index contributed by atoms with van der Waals surface area (Å²) in [6, 6.07) is 4.61. The topological polar surface area (TPSA) is 90.7 Å². The molecule has 1 rings (SSSR count). The number of ether oxygens (including phenoxy) is 2. The first kappa shape index (κ1) is 15.9. The van der Waals surface area contributed by atoms with Crippen LogP contribution in [-0.2, 0) is 16.1 Å². The van der Waals surface area contributed by atoms with Crippen LogP contribution in [0.1, 0.15) is 19.4 Å². The van der Waals surface area contributed by atoms with Crippen molar-refractivity contribution >= 4 is 11.7 Å². The number of nitrogens with zero attached hydrogens (tertiary/aromatic N) is 1. The lowest BCUT2D eigenvalue weighted by Crippen LogP contribution is -2.26. The molecule has 0 heterocycles. The van der Waals surface area contributed by atoms with Gasteiger partial charge in [-0.1, -0.05) is 6.07 Å². The Balaban J connectivity index is 2.94. The van der Waals surface area contributed by atoms with Gasteiger partial charge < -0.3 is 14.8 Å². The lowest BCUT2D eigenvalue weighted by Gasteiger charge is -2.13. The SMILES string of the molecule is CCOC(=O)C(C)Oc1ccc(CNC)cc1[N+](=O)[O-]. The van der Waals surface area contributed by atoms with E-state index in [2.05, 4.69) is 5.32 Å². The minimum atomic E-state index is -0.899. The fourth-order valence-electron chi connectivity index (χ4n) is 1.62. The van der Waals surface area contributed by atoms with Gasteiger partial charge in [0.05, 0.1) is 11.5 Å². The zero-order valence-electron chi connectivity index (χ0n) is 11.7. The highest BCUT2D eigenvalue weighted by molar-refractivity contribution is 5.74. The van der Waals surface area contributed by atoms with Crippen LogP contribution in [0.4, 0.5) is 5.69 Å². The normalized spacial score (nSPS) is 11.8. The van der Waals surface area contributed by atoms with E-state index in [1.54, 1.807) is 20.0 Å².